The van der Waals surface area contributed by atoms with Crippen LogP contribution in [0.25, 0.3) is 16.6 Å². The number of rotatable bonds is 2. The second kappa shape index (κ2) is 6.05. The van der Waals surface area contributed by atoms with Gasteiger partial charge >= 0.3 is 0 Å². The van der Waals surface area contributed by atoms with Crippen molar-refractivity contribution >= 4 is 39.2 Å². The second-order valence-electron chi connectivity index (χ2n) is 5.46. The lowest BCUT2D eigenvalue weighted by atomic mass is 10.1. The molecular weight excluding hydrogens is 323 g/mol. The number of benzene rings is 2. The van der Waals surface area contributed by atoms with Crippen molar-refractivity contribution in [3.8, 4) is 0 Å². The Kier molecular flexibility index (Phi) is 3.74. The molecule has 4 rings (SSSR count). The van der Waals surface area contributed by atoms with Crippen molar-refractivity contribution in [1.29, 1.82) is 0 Å². The van der Waals surface area contributed by atoms with Crippen molar-refractivity contribution in [2.45, 2.75) is 6.92 Å². The van der Waals surface area contributed by atoms with Crippen LogP contribution < -0.4 is 10.9 Å². The lowest BCUT2D eigenvalue weighted by Crippen LogP contribution is -2.36. The van der Waals surface area contributed by atoms with Gasteiger partial charge in [0.15, 0.2) is 5.17 Å². The number of thioether (sulfide) groups is 1. The van der Waals surface area contributed by atoms with Gasteiger partial charge in [0, 0.05) is 27.6 Å². The number of H-pyrrole nitrogens is 1. The van der Waals surface area contributed by atoms with Gasteiger partial charge in [-0.25, -0.2) is 9.38 Å². The number of fused-ring (bicyclic) bond motifs is 1. The van der Waals surface area contributed by atoms with Crippen LogP contribution in [0.2, 0.25) is 0 Å². The number of aromatic nitrogens is 1. The van der Waals surface area contributed by atoms with E-state index in [2.05, 4.69) is 39.9 Å². The lowest BCUT2D eigenvalue weighted by Gasteiger charge is -2.19. The topological polar surface area (TPSA) is 52.2 Å². The third kappa shape index (κ3) is 2.76. The number of hydrogen-bond donors (Lipinski definition) is 3. The van der Waals surface area contributed by atoms with Crippen LogP contribution in [0.5, 0.6) is 0 Å². The molecule has 0 unspecified atom stereocenters. The van der Waals surface area contributed by atoms with E-state index in [1.165, 1.54) is 29.3 Å². The van der Waals surface area contributed by atoms with Gasteiger partial charge in [-0.1, -0.05) is 30.0 Å². The largest absolute Gasteiger partial charge is 0.358 e. The summed E-state index contributed by atoms with van der Waals surface area (Å²) >= 11 is 1.49. The van der Waals surface area contributed by atoms with E-state index in [-0.39, 0.29) is 5.82 Å². The van der Waals surface area contributed by atoms with E-state index < -0.39 is 0 Å². The number of amidine groups is 1. The van der Waals surface area contributed by atoms with Crippen LogP contribution in [0.15, 0.2) is 58.9 Å². The summed E-state index contributed by atoms with van der Waals surface area (Å²) in [7, 11) is 0. The molecular formula is C18H15FN4S. The minimum absolute atomic E-state index is 0.265. The number of nitrogens with zero attached hydrogens (tertiary/aromatic N) is 1. The summed E-state index contributed by atoms with van der Waals surface area (Å²) in [6.07, 6.45) is 0. The minimum atomic E-state index is -0.265. The second-order valence-corrected chi connectivity index (χ2v) is 6.32. The fourth-order valence-electron chi connectivity index (χ4n) is 2.73. The van der Waals surface area contributed by atoms with E-state index >= 15 is 0 Å². The van der Waals surface area contributed by atoms with Crippen molar-refractivity contribution < 1.29 is 4.39 Å². The van der Waals surface area contributed by atoms with Gasteiger partial charge in [0.05, 0.1) is 11.4 Å². The highest BCUT2D eigenvalue weighted by molar-refractivity contribution is 8.16. The SMILES string of the molecule is Cc1[nH]c2ccccc2c1C1=CSC(=Nc2ccc(F)cc2)NN1. The van der Waals surface area contributed by atoms with E-state index in [1.807, 2.05) is 17.5 Å². The Morgan fingerprint density at radius 2 is 1.79 bits per heavy atom. The number of hydrogen-bond acceptors (Lipinski definition) is 3. The van der Waals surface area contributed by atoms with Crippen molar-refractivity contribution in [2.75, 3.05) is 0 Å². The number of aryl methyl sites for hydroxylation is 1. The summed E-state index contributed by atoms with van der Waals surface area (Å²) in [5, 5.41) is 3.92. The van der Waals surface area contributed by atoms with Crippen molar-refractivity contribution in [3.63, 3.8) is 0 Å². The van der Waals surface area contributed by atoms with Gasteiger partial charge in [-0.3, -0.25) is 10.9 Å². The van der Waals surface area contributed by atoms with E-state index in [9.17, 15) is 4.39 Å². The molecule has 3 N–H and O–H groups in total. The molecule has 6 heteroatoms. The first-order valence-electron chi connectivity index (χ1n) is 7.51. The highest BCUT2D eigenvalue weighted by Gasteiger charge is 2.16. The van der Waals surface area contributed by atoms with E-state index in [0.29, 0.717) is 10.9 Å². The molecule has 0 bridgehead atoms. The Morgan fingerprint density at radius 3 is 2.54 bits per heavy atom. The predicted octanol–water partition coefficient (Wildman–Crippen LogP) is 4.44. The summed E-state index contributed by atoms with van der Waals surface area (Å²) in [6.45, 7) is 2.06. The summed E-state index contributed by atoms with van der Waals surface area (Å²) in [5.41, 5.74) is 11.4. The molecule has 0 spiro atoms. The Hall–Kier alpha value is -2.73. The van der Waals surface area contributed by atoms with Gasteiger partial charge in [-0.05, 0) is 37.3 Å². The molecule has 2 aromatic carbocycles. The van der Waals surface area contributed by atoms with Crippen LogP contribution in [0.3, 0.4) is 0 Å². The van der Waals surface area contributed by atoms with E-state index in [4.69, 9.17) is 0 Å². The van der Waals surface area contributed by atoms with Crippen molar-refractivity contribution in [2.24, 2.45) is 4.99 Å². The van der Waals surface area contributed by atoms with Gasteiger partial charge in [0.1, 0.15) is 5.82 Å². The van der Waals surface area contributed by atoms with Crippen molar-refractivity contribution in [1.82, 2.24) is 15.8 Å². The van der Waals surface area contributed by atoms with Gasteiger partial charge < -0.3 is 4.98 Å². The molecule has 0 saturated heterocycles. The molecule has 0 amide bonds. The zero-order valence-corrected chi connectivity index (χ0v) is 13.7. The zero-order chi connectivity index (χ0) is 16.5. The molecule has 2 heterocycles. The summed E-state index contributed by atoms with van der Waals surface area (Å²) < 4.78 is 12.9. The Labute approximate surface area is 142 Å². The summed E-state index contributed by atoms with van der Waals surface area (Å²) in [6, 6.07) is 14.3. The maximum absolute atomic E-state index is 12.9. The Morgan fingerprint density at radius 1 is 1.00 bits per heavy atom. The fraction of sp³-hybridized carbons (Fsp3) is 0.0556. The standard InChI is InChI=1S/C18H15FN4S/c1-11-17(14-4-2-3-5-15(14)20-11)16-10-24-18(23-22-16)21-13-8-6-12(19)7-9-13/h2-10,20,22H,1H3,(H,21,23). The molecule has 0 atom stereocenters. The number of nitrogens with one attached hydrogen (secondary N) is 3. The average Bonchev–Trinajstić information content (AvgIpc) is 2.93. The molecule has 1 aliphatic heterocycles. The van der Waals surface area contributed by atoms with Crippen LogP contribution in [-0.2, 0) is 0 Å². The molecule has 1 aromatic heterocycles. The number of halogens is 1. The van der Waals surface area contributed by atoms with E-state index in [1.54, 1.807) is 12.1 Å². The average molecular weight is 338 g/mol. The first-order valence-corrected chi connectivity index (χ1v) is 8.39. The molecule has 120 valence electrons. The number of aliphatic imine (C=N–C) groups is 1. The molecule has 0 aliphatic carbocycles. The van der Waals surface area contributed by atoms with Gasteiger partial charge in [-0.15, -0.1) is 0 Å². The molecule has 4 nitrogen and oxygen atoms in total. The first-order chi connectivity index (χ1) is 11.7. The fourth-order valence-corrected chi connectivity index (χ4v) is 3.40. The highest BCUT2D eigenvalue weighted by atomic mass is 32.2. The zero-order valence-electron chi connectivity index (χ0n) is 12.9. The molecule has 0 radical (unpaired) electrons. The van der Waals surface area contributed by atoms with Gasteiger partial charge in [0.25, 0.3) is 0 Å². The van der Waals surface area contributed by atoms with Crippen LogP contribution in [0.1, 0.15) is 11.3 Å². The van der Waals surface area contributed by atoms with E-state index in [0.717, 1.165) is 22.5 Å². The highest BCUT2D eigenvalue weighted by Crippen LogP contribution is 2.30. The predicted molar refractivity (Wildman–Crippen MR) is 98.4 cm³/mol. The van der Waals surface area contributed by atoms with Crippen LogP contribution in [0.4, 0.5) is 10.1 Å². The van der Waals surface area contributed by atoms with Gasteiger partial charge in [0.2, 0.25) is 0 Å². The minimum Gasteiger partial charge on any atom is -0.358 e. The molecule has 3 aromatic rings. The maximum atomic E-state index is 12.9. The third-order valence-corrected chi connectivity index (χ3v) is 4.58. The van der Waals surface area contributed by atoms with Crippen molar-refractivity contribution in [3.05, 3.63) is 71.0 Å². The van der Waals surface area contributed by atoms with Crippen LogP contribution in [0, 0.1) is 12.7 Å². The smallest absolute Gasteiger partial charge is 0.184 e. The molecule has 24 heavy (non-hydrogen) atoms. The van der Waals surface area contributed by atoms with Gasteiger partial charge in [-0.2, -0.15) is 0 Å². The quantitative estimate of drug-likeness (QED) is 0.647. The summed E-state index contributed by atoms with van der Waals surface area (Å²) in [4.78, 5) is 7.84. The molecule has 0 saturated carbocycles. The Bertz CT molecular complexity index is 957. The first kappa shape index (κ1) is 14.8. The number of hydrazine groups is 1. The maximum Gasteiger partial charge on any atom is 0.184 e. The molecule has 0 fully saturated rings. The monoisotopic (exact) mass is 338 g/mol. The van der Waals surface area contributed by atoms with Crippen LogP contribution >= 0.6 is 11.8 Å². The Balaban J connectivity index is 1.62. The number of aromatic amines is 1. The molecule has 1 aliphatic rings. The third-order valence-electron chi connectivity index (χ3n) is 3.81. The lowest BCUT2D eigenvalue weighted by molar-refractivity contribution is 0.628. The van der Waals surface area contributed by atoms with Crippen LogP contribution in [-0.4, -0.2) is 10.2 Å². The number of para-hydroxylation sites is 1. The normalized spacial score (nSPS) is 15.9. The summed E-state index contributed by atoms with van der Waals surface area (Å²) in [5.74, 6) is -0.265.